The van der Waals surface area contributed by atoms with E-state index in [1.807, 2.05) is 67.0 Å². The maximum absolute atomic E-state index is 13.3. The van der Waals surface area contributed by atoms with Crippen molar-refractivity contribution in [3.05, 3.63) is 93.3 Å². The summed E-state index contributed by atoms with van der Waals surface area (Å²) in [6.07, 6.45) is 0. The lowest BCUT2D eigenvalue weighted by molar-refractivity contribution is -0.137. The molecular weight excluding hydrogens is 392 g/mol. The summed E-state index contributed by atoms with van der Waals surface area (Å²) < 4.78 is 0. The molecule has 0 spiro atoms. The van der Waals surface area contributed by atoms with Crippen molar-refractivity contribution in [3.8, 4) is 0 Å². The highest BCUT2D eigenvalue weighted by atomic mass is 35.5. The number of hydrogen-bond acceptors (Lipinski definition) is 4. The third kappa shape index (κ3) is 3.35. The Kier molecular flexibility index (Phi) is 5.03. The predicted octanol–water partition coefficient (Wildman–Crippen LogP) is 4.82. The number of benzene rings is 2. The van der Waals surface area contributed by atoms with E-state index < -0.39 is 0 Å². The van der Waals surface area contributed by atoms with Crippen LogP contribution in [0.25, 0.3) is 5.57 Å². The van der Waals surface area contributed by atoms with Gasteiger partial charge in [0, 0.05) is 22.6 Å². The van der Waals surface area contributed by atoms with Crippen LogP contribution in [0, 0.1) is 0 Å². The Morgan fingerprint density at radius 3 is 2.29 bits per heavy atom. The Morgan fingerprint density at radius 2 is 1.64 bits per heavy atom. The third-order valence-corrected chi connectivity index (χ3v) is 5.78. The van der Waals surface area contributed by atoms with Crippen LogP contribution in [0.15, 0.2) is 77.8 Å². The van der Waals surface area contributed by atoms with Crippen LogP contribution in [0.5, 0.6) is 0 Å². The second-order valence-electron chi connectivity index (χ2n) is 6.42. The molecule has 4 nitrogen and oxygen atoms in total. The second-order valence-corrected chi connectivity index (χ2v) is 7.80. The average Bonchev–Trinajstić information content (AvgIpc) is 3.32. The van der Waals surface area contributed by atoms with Gasteiger partial charge in [-0.25, -0.2) is 0 Å². The lowest BCUT2D eigenvalue weighted by Gasteiger charge is -2.21. The molecule has 140 valence electrons. The number of rotatable bonds is 5. The van der Waals surface area contributed by atoms with Gasteiger partial charge < -0.3 is 4.90 Å². The van der Waals surface area contributed by atoms with Crippen LogP contribution in [-0.2, 0) is 16.1 Å². The molecule has 0 fully saturated rings. The number of halogens is 1. The molecule has 2 amide bonds. The van der Waals surface area contributed by atoms with Crippen LogP contribution in [0.3, 0.4) is 0 Å². The number of likely N-dealkylation sites (N-methyl/N-ethyl adjacent to an activating group) is 1. The lowest BCUT2D eigenvalue weighted by atomic mass is 10.1. The number of para-hydroxylation sites is 1. The van der Waals surface area contributed by atoms with Gasteiger partial charge in [-0.15, -0.1) is 11.3 Å². The van der Waals surface area contributed by atoms with E-state index in [0.717, 1.165) is 16.1 Å². The molecule has 0 radical (unpaired) electrons. The quantitative estimate of drug-likeness (QED) is 0.568. The lowest BCUT2D eigenvalue weighted by Crippen LogP contribution is -2.33. The molecule has 2 heterocycles. The minimum atomic E-state index is -0.297. The van der Waals surface area contributed by atoms with E-state index in [0.29, 0.717) is 16.3 Å². The van der Waals surface area contributed by atoms with Crippen LogP contribution < -0.4 is 4.90 Å². The summed E-state index contributed by atoms with van der Waals surface area (Å²) in [6.45, 7) is 0.204. The molecule has 0 bridgehead atoms. The largest absolute Gasteiger partial charge is 0.339 e. The van der Waals surface area contributed by atoms with E-state index in [1.54, 1.807) is 17.0 Å². The van der Waals surface area contributed by atoms with Crippen molar-refractivity contribution in [2.24, 2.45) is 0 Å². The fraction of sp³-hybridized carbons (Fsp3) is 0.0909. The van der Waals surface area contributed by atoms with Gasteiger partial charge in [0.1, 0.15) is 5.70 Å². The Bertz CT molecular complexity index is 1040. The highest BCUT2D eigenvalue weighted by Gasteiger charge is 2.41. The molecule has 3 aromatic rings. The molecule has 2 aromatic carbocycles. The van der Waals surface area contributed by atoms with Gasteiger partial charge in [0.15, 0.2) is 0 Å². The predicted molar refractivity (Wildman–Crippen MR) is 113 cm³/mol. The number of thiophene rings is 1. The van der Waals surface area contributed by atoms with Gasteiger partial charge in [-0.05, 0) is 41.3 Å². The number of imide groups is 1. The number of nitrogens with zero attached hydrogens (tertiary/aromatic N) is 2. The molecule has 1 aliphatic rings. The van der Waals surface area contributed by atoms with E-state index in [4.69, 9.17) is 11.6 Å². The molecule has 0 saturated carbocycles. The first-order valence-electron chi connectivity index (χ1n) is 8.74. The zero-order valence-electron chi connectivity index (χ0n) is 15.1. The third-order valence-electron chi connectivity index (χ3n) is 4.64. The Morgan fingerprint density at radius 1 is 0.929 bits per heavy atom. The summed E-state index contributed by atoms with van der Waals surface area (Å²) in [6, 6.07) is 20.5. The van der Waals surface area contributed by atoms with E-state index >= 15 is 0 Å². The van der Waals surface area contributed by atoms with Gasteiger partial charge in [0.2, 0.25) is 0 Å². The maximum Gasteiger partial charge on any atom is 0.278 e. The SMILES string of the molecule is CN(C1=C(c2cccs2)C(=O)N(Cc2ccc(Cl)cc2)C1=O)c1ccccc1. The summed E-state index contributed by atoms with van der Waals surface area (Å²) in [5, 5.41) is 2.52. The fourth-order valence-corrected chi connectivity index (χ4v) is 4.10. The van der Waals surface area contributed by atoms with E-state index in [-0.39, 0.29) is 18.4 Å². The first-order chi connectivity index (χ1) is 13.6. The number of amides is 2. The molecule has 1 aliphatic heterocycles. The van der Waals surface area contributed by atoms with Crippen molar-refractivity contribution in [2.75, 3.05) is 11.9 Å². The van der Waals surface area contributed by atoms with Crippen LogP contribution >= 0.6 is 22.9 Å². The topological polar surface area (TPSA) is 40.6 Å². The van der Waals surface area contributed by atoms with Gasteiger partial charge >= 0.3 is 0 Å². The van der Waals surface area contributed by atoms with Crippen LogP contribution in [0.1, 0.15) is 10.4 Å². The number of carbonyl (C=O) groups excluding carboxylic acids is 2. The second kappa shape index (κ2) is 7.62. The van der Waals surface area contributed by atoms with Crippen LogP contribution in [-0.4, -0.2) is 23.8 Å². The monoisotopic (exact) mass is 408 g/mol. The van der Waals surface area contributed by atoms with E-state index in [1.165, 1.54) is 16.2 Å². The molecule has 4 rings (SSSR count). The summed E-state index contributed by atoms with van der Waals surface area (Å²) in [5.41, 5.74) is 2.54. The molecule has 0 aliphatic carbocycles. The summed E-state index contributed by atoms with van der Waals surface area (Å²) in [5.74, 6) is -0.574. The fourth-order valence-electron chi connectivity index (χ4n) is 3.21. The number of anilines is 1. The summed E-state index contributed by atoms with van der Waals surface area (Å²) >= 11 is 7.40. The molecule has 0 N–H and O–H groups in total. The number of carbonyl (C=O) groups is 2. The molecular formula is C22H17ClN2O2S. The van der Waals surface area contributed by atoms with Gasteiger partial charge in [-0.3, -0.25) is 14.5 Å². The maximum atomic E-state index is 13.3. The Labute approximate surface area is 172 Å². The van der Waals surface area contributed by atoms with E-state index in [2.05, 4.69) is 0 Å². The smallest absolute Gasteiger partial charge is 0.278 e. The van der Waals surface area contributed by atoms with Gasteiger partial charge in [0.05, 0.1) is 12.1 Å². The van der Waals surface area contributed by atoms with Crippen molar-refractivity contribution in [2.45, 2.75) is 6.54 Å². The van der Waals surface area contributed by atoms with Gasteiger partial charge in [-0.1, -0.05) is 48.0 Å². The molecule has 6 heteroatoms. The van der Waals surface area contributed by atoms with Gasteiger partial charge in [0.25, 0.3) is 11.8 Å². The van der Waals surface area contributed by atoms with Crippen LogP contribution in [0.2, 0.25) is 5.02 Å². The Balaban J connectivity index is 1.74. The normalized spacial score (nSPS) is 14.1. The van der Waals surface area contributed by atoms with Gasteiger partial charge in [-0.2, -0.15) is 0 Å². The zero-order chi connectivity index (χ0) is 19.7. The highest BCUT2D eigenvalue weighted by Crippen LogP contribution is 2.36. The summed E-state index contributed by atoms with van der Waals surface area (Å²) in [4.78, 5) is 30.4. The first-order valence-corrected chi connectivity index (χ1v) is 9.99. The van der Waals surface area contributed by atoms with Crippen LogP contribution in [0.4, 0.5) is 5.69 Å². The molecule has 0 unspecified atom stereocenters. The van der Waals surface area contributed by atoms with Crippen molar-refractivity contribution in [1.29, 1.82) is 0 Å². The summed E-state index contributed by atoms with van der Waals surface area (Å²) in [7, 11) is 1.81. The molecule has 28 heavy (non-hydrogen) atoms. The first kappa shape index (κ1) is 18.5. The van der Waals surface area contributed by atoms with Crippen molar-refractivity contribution >= 4 is 46.0 Å². The number of hydrogen-bond donors (Lipinski definition) is 0. The standard InChI is InChI=1S/C22H17ClN2O2S/c1-24(17-6-3-2-4-7-17)20-19(18-8-5-13-28-18)21(26)25(22(20)27)14-15-9-11-16(23)12-10-15/h2-13H,14H2,1H3. The van der Waals surface area contributed by atoms with Crippen molar-refractivity contribution < 1.29 is 9.59 Å². The van der Waals surface area contributed by atoms with E-state index in [9.17, 15) is 9.59 Å². The van der Waals surface area contributed by atoms with Crippen molar-refractivity contribution in [3.63, 3.8) is 0 Å². The Hall–Kier alpha value is -2.89. The highest BCUT2D eigenvalue weighted by molar-refractivity contribution is 7.11. The molecule has 0 saturated heterocycles. The molecule has 1 aromatic heterocycles. The average molecular weight is 409 g/mol. The zero-order valence-corrected chi connectivity index (χ0v) is 16.7. The molecule has 0 atom stereocenters. The van der Waals surface area contributed by atoms with Crippen molar-refractivity contribution in [1.82, 2.24) is 4.90 Å². The minimum absolute atomic E-state index is 0.204. The minimum Gasteiger partial charge on any atom is -0.339 e.